The number of nitrogens with one attached hydrogen (secondary N) is 1. The molecule has 0 aliphatic heterocycles. The van der Waals surface area contributed by atoms with Crippen molar-refractivity contribution in [1.29, 1.82) is 0 Å². The number of nitrogens with two attached hydrogens (primary N) is 1. The normalized spacial score (nSPS) is 11.6. The molecule has 0 atom stereocenters. The fraction of sp³-hybridized carbons (Fsp3) is 0.231. The minimum Gasteiger partial charge on any atom is -0.464 e. The lowest BCUT2D eigenvalue weighted by Crippen LogP contribution is -2.12. The average molecular weight is 315 g/mol. The molecule has 0 aliphatic carbocycles. The number of furan rings is 1. The number of aryl methyl sites for hydroxylation is 1. The van der Waals surface area contributed by atoms with Crippen molar-refractivity contribution >= 4 is 27.3 Å². The van der Waals surface area contributed by atoms with Crippen LogP contribution in [0.25, 0.3) is 0 Å². The van der Waals surface area contributed by atoms with Gasteiger partial charge in [0.2, 0.25) is 10.0 Å². The highest BCUT2D eigenvalue weighted by molar-refractivity contribution is 7.89. The Morgan fingerprint density at radius 3 is 2.55 bits per heavy atom. The van der Waals surface area contributed by atoms with Gasteiger partial charge in [0, 0.05) is 6.42 Å². The fourth-order valence-corrected chi connectivity index (χ4v) is 2.43. The Bertz CT molecular complexity index is 710. The van der Waals surface area contributed by atoms with Crippen molar-refractivity contribution in [2.24, 2.45) is 5.14 Å². The lowest BCUT2D eigenvalue weighted by Gasteiger charge is -2.08. The van der Waals surface area contributed by atoms with Gasteiger partial charge in [-0.1, -0.05) is 18.5 Å². The molecule has 0 aliphatic rings. The highest BCUT2D eigenvalue weighted by atomic mass is 35.5. The van der Waals surface area contributed by atoms with Crippen LogP contribution in [0.1, 0.15) is 18.4 Å². The molecule has 0 amide bonds. The molecule has 1 aromatic heterocycles. The molecule has 0 spiro atoms. The maximum atomic E-state index is 11.3. The number of benzene rings is 1. The SMILES string of the molecule is CCc1ccc(CNc2cc(S(N)(=O)=O)ccc2Cl)o1. The van der Waals surface area contributed by atoms with E-state index in [-0.39, 0.29) is 4.90 Å². The summed E-state index contributed by atoms with van der Waals surface area (Å²) < 4.78 is 28.1. The first-order valence-corrected chi connectivity index (χ1v) is 7.96. The zero-order valence-electron chi connectivity index (χ0n) is 10.9. The predicted octanol–water partition coefficient (Wildman–Crippen LogP) is 2.75. The van der Waals surface area contributed by atoms with Gasteiger partial charge >= 0.3 is 0 Å². The summed E-state index contributed by atoms with van der Waals surface area (Å²) in [5.41, 5.74) is 0.493. The van der Waals surface area contributed by atoms with Crippen LogP contribution in [0.5, 0.6) is 0 Å². The van der Waals surface area contributed by atoms with Crippen LogP contribution in [0.15, 0.2) is 39.6 Å². The zero-order valence-corrected chi connectivity index (χ0v) is 12.5. The molecule has 2 rings (SSSR count). The van der Waals surface area contributed by atoms with Crippen LogP contribution < -0.4 is 10.5 Å². The van der Waals surface area contributed by atoms with Crippen molar-refractivity contribution in [3.05, 3.63) is 46.9 Å². The van der Waals surface area contributed by atoms with Gasteiger partial charge in [0.05, 0.1) is 22.2 Å². The Morgan fingerprint density at radius 2 is 1.95 bits per heavy atom. The van der Waals surface area contributed by atoms with E-state index in [9.17, 15) is 8.42 Å². The number of hydrogen-bond acceptors (Lipinski definition) is 4. The molecule has 3 N–H and O–H groups in total. The Hall–Kier alpha value is -1.50. The van der Waals surface area contributed by atoms with Crippen LogP contribution in [-0.2, 0) is 23.0 Å². The van der Waals surface area contributed by atoms with Crippen LogP contribution in [0.4, 0.5) is 5.69 Å². The third-order valence-corrected chi connectivity index (χ3v) is 4.03. The number of primary sulfonamides is 1. The van der Waals surface area contributed by atoms with Crippen molar-refractivity contribution in [2.45, 2.75) is 24.8 Å². The molecule has 108 valence electrons. The van der Waals surface area contributed by atoms with E-state index in [4.69, 9.17) is 21.2 Å². The molecule has 0 radical (unpaired) electrons. The van der Waals surface area contributed by atoms with Crippen LogP contribution in [0.3, 0.4) is 0 Å². The van der Waals surface area contributed by atoms with Gasteiger partial charge in [0.1, 0.15) is 11.5 Å². The predicted molar refractivity (Wildman–Crippen MR) is 78.2 cm³/mol. The second-order valence-electron chi connectivity index (χ2n) is 4.26. The molecule has 5 nitrogen and oxygen atoms in total. The lowest BCUT2D eigenvalue weighted by atomic mass is 10.3. The minimum atomic E-state index is -3.75. The van der Waals surface area contributed by atoms with Gasteiger partial charge in [-0.2, -0.15) is 0 Å². The topological polar surface area (TPSA) is 85.3 Å². The monoisotopic (exact) mass is 314 g/mol. The van der Waals surface area contributed by atoms with E-state index in [2.05, 4.69) is 5.32 Å². The number of sulfonamides is 1. The maximum Gasteiger partial charge on any atom is 0.238 e. The van der Waals surface area contributed by atoms with Crippen molar-refractivity contribution in [1.82, 2.24) is 0 Å². The van der Waals surface area contributed by atoms with Gasteiger partial charge in [0.15, 0.2) is 0 Å². The first-order valence-electron chi connectivity index (χ1n) is 6.04. The van der Waals surface area contributed by atoms with Crippen LogP contribution in [0, 0.1) is 0 Å². The molecule has 2 aromatic rings. The first kappa shape index (κ1) is 14.9. The largest absolute Gasteiger partial charge is 0.464 e. The maximum absolute atomic E-state index is 11.3. The van der Waals surface area contributed by atoms with Gasteiger partial charge in [-0.3, -0.25) is 0 Å². The summed E-state index contributed by atoms with van der Waals surface area (Å²) in [6, 6.07) is 8.03. The van der Waals surface area contributed by atoms with Gasteiger partial charge < -0.3 is 9.73 Å². The quantitative estimate of drug-likeness (QED) is 0.888. The number of hydrogen-bond donors (Lipinski definition) is 2. The van der Waals surface area contributed by atoms with Crippen molar-refractivity contribution in [2.75, 3.05) is 5.32 Å². The van der Waals surface area contributed by atoms with Crippen LogP contribution in [-0.4, -0.2) is 8.42 Å². The summed E-state index contributed by atoms with van der Waals surface area (Å²) in [6.45, 7) is 2.41. The standard InChI is InChI=1S/C13H15ClN2O3S/c1-2-9-3-4-10(19-9)8-16-13-7-11(20(15,17)18)5-6-12(13)14/h3-7,16H,2,8H2,1H3,(H2,15,17,18). The minimum absolute atomic E-state index is 0.0121. The van der Waals surface area contributed by atoms with E-state index in [0.717, 1.165) is 17.9 Å². The fourth-order valence-electron chi connectivity index (χ4n) is 1.71. The van der Waals surface area contributed by atoms with E-state index >= 15 is 0 Å². The molecule has 1 aromatic carbocycles. The molecule has 1 heterocycles. The number of rotatable bonds is 5. The Balaban J connectivity index is 2.16. The summed E-state index contributed by atoms with van der Waals surface area (Å²) in [7, 11) is -3.75. The second-order valence-corrected chi connectivity index (χ2v) is 6.23. The smallest absolute Gasteiger partial charge is 0.238 e. The van der Waals surface area contributed by atoms with E-state index in [0.29, 0.717) is 17.3 Å². The van der Waals surface area contributed by atoms with E-state index in [1.54, 1.807) is 0 Å². The highest BCUT2D eigenvalue weighted by Gasteiger charge is 2.11. The summed E-state index contributed by atoms with van der Waals surface area (Å²) in [6.07, 6.45) is 0.821. The number of anilines is 1. The van der Waals surface area contributed by atoms with E-state index < -0.39 is 10.0 Å². The van der Waals surface area contributed by atoms with Crippen molar-refractivity contribution in [3.63, 3.8) is 0 Å². The third-order valence-electron chi connectivity index (χ3n) is 2.79. The molecule has 20 heavy (non-hydrogen) atoms. The lowest BCUT2D eigenvalue weighted by molar-refractivity contribution is 0.476. The molecule has 0 saturated heterocycles. The number of halogens is 1. The average Bonchev–Trinajstić information content (AvgIpc) is 2.84. The summed E-state index contributed by atoms with van der Waals surface area (Å²) in [4.78, 5) is 0.0121. The van der Waals surface area contributed by atoms with Gasteiger partial charge in [-0.05, 0) is 30.3 Å². The van der Waals surface area contributed by atoms with Crippen molar-refractivity contribution < 1.29 is 12.8 Å². The van der Waals surface area contributed by atoms with Gasteiger partial charge in [0.25, 0.3) is 0 Å². The highest BCUT2D eigenvalue weighted by Crippen LogP contribution is 2.25. The zero-order chi connectivity index (χ0) is 14.8. The van der Waals surface area contributed by atoms with Crippen molar-refractivity contribution in [3.8, 4) is 0 Å². The summed E-state index contributed by atoms with van der Waals surface area (Å²) in [5, 5.41) is 8.54. The Kier molecular flexibility index (Phi) is 4.37. The first-order chi connectivity index (χ1) is 9.40. The Labute approximate surface area is 122 Å². The summed E-state index contributed by atoms with van der Waals surface area (Å²) in [5.74, 6) is 1.64. The molecule has 7 heteroatoms. The molecule has 0 saturated carbocycles. The van der Waals surface area contributed by atoms with E-state index in [1.807, 2.05) is 19.1 Å². The summed E-state index contributed by atoms with van der Waals surface area (Å²) >= 11 is 6.02. The van der Waals surface area contributed by atoms with Crippen LogP contribution >= 0.6 is 11.6 Å². The molecule has 0 fully saturated rings. The van der Waals surface area contributed by atoms with Gasteiger partial charge in [-0.25, -0.2) is 13.6 Å². The van der Waals surface area contributed by atoms with Gasteiger partial charge in [-0.15, -0.1) is 0 Å². The third kappa shape index (κ3) is 3.53. The Morgan fingerprint density at radius 1 is 1.25 bits per heavy atom. The van der Waals surface area contributed by atoms with Crippen LogP contribution in [0.2, 0.25) is 5.02 Å². The molecule has 0 bridgehead atoms. The second kappa shape index (κ2) is 5.87. The van der Waals surface area contributed by atoms with E-state index in [1.165, 1.54) is 18.2 Å². The molecular weight excluding hydrogens is 300 g/mol. The molecule has 0 unspecified atom stereocenters. The molecular formula is C13H15ClN2O3S.